The predicted octanol–water partition coefficient (Wildman–Crippen LogP) is 3.61. The fraction of sp³-hybridized carbons (Fsp3) is 0.261. The van der Waals surface area contributed by atoms with E-state index in [0.717, 1.165) is 11.1 Å². The molecule has 4 aromatic rings. The van der Waals surface area contributed by atoms with E-state index in [1.807, 2.05) is 45.0 Å². The van der Waals surface area contributed by atoms with Crippen LogP contribution in [0.25, 0.3) is 10.9 Å². The molecule has 0 spiro atoms. The summed E-state index contributed by atoms with van der Waals surface area (Å²) in [6.45, 7) is 6.06. The molecule has 0 aliphatic carbocycles. The number of aromatic nitrogens is 4. The molecule has 0 unspecified atom stereocenters. The standard InChI is InChI=1S/C23H24FN7O3/c1-23(2,3)18(20-28-29-22(34-20)27-21(25)33)26-19(32)17-15-6-4-5-7-16(15)31(30-17)12-13-8-10-14(24)11-9-13/h4-11,18H,12H2,1-3H3,(H,26,32)(H3,25,27,29,33)/t18-/m1/s1. The first-order valence-corrected chi connectivity index (χ1v) is 10.5. The number of nitrogens with one attached hydrogen (secondary N) is 2. The van der Waals surface area contributed by atoms with Gasteiger partial charge in [-0.2, -0.15) is 5.10 Å². The number of para-hydroxylation sites is 1. The van der Waals surface area contributed by atoms with Gasteiger partial charge < -0.3 is 15.5 Å². The van der Waals surface area contributed by atoms with Crippen LogP contribution in [0.2, 0.25) is 0 Å². The summed E-state index contributed by atoms with van der Waals surface area (Å²) in [6.07, 6.45) is 0. The summed E-state index contributed by atoms with van der Waals surface area (Å²) in [5.74, 6) is -0.645. The van der Waals surface area contributed by atoms with Gasteiger partial charge in [0.1, 0.15) is 11.9 Å². The van der Waals surface area contributed by atoms with Crippen LogP contribution in [-0.2, 0) is 6.54 Å². The summed E-state index contributed by atoms with van der Waals surface area (Å²) >= 11 is 0. The summed E-state index contributed by atoms with van der Waals surface area (Å²) < 4.78 is 20.5. The molecule has 0 aliphatic rings. The third kappa shape index (κ3) is 4.87. The third-order valence-corrected chi connectivity index (χ3v) is 5.18. The van der Waals surface area contributed by atoms with E-state index in [0.29, 0.717) is 11.9 Å². The number of carbonyl (C=O) groups excluding carboxylic acids is 2. The van der Waals surface area contributed by atoms with Crippen LogP contribution in [0.3, 0.4) is 0 Å². The van der Waals surface area contributed by atoms with Gasteiger partial charge in [0, 0.05) is 5.39 Å². The lowest BCUT2D eigenvalue weighted by Gasteiger charge is -2.28. The first-order chi connectivity index (χ1) is 16.1. The SMILES string of the molecule is CC(C)(C)[C@H](NC(=O)c1nn(Cc2ccc(F)cc2)c2ccccc12)c1nnc(NC(N)=O)o1. The zero-order chi connectivity index (χ0) is 24.5. The zero-order valence-corrected chi connectivity index (χ0v) is 18.9. The minimum atomic E-state index is -0.843. The molecule has 3 amide bonds. The van der Waals surface area contributed by atoms with Gasteiger partial charge in [-0.15, -0.1) is 5.10 Å². The van der Waals surface area contributed by atoms with Crippen molar-refractivity contribution in [3.63, 3.8) is 0 Å². The van der Waals surface area contributed by atoms with Gasteiger partial charge in [-0.3, -0.25) is 14.8 Å². The molecule has 4 N–H and O–H groups in total. The Labute approximate surface area is 194 Å². The van der Waals surface area contributed by atoms with Crippen molar-refractivity contribution in [2.45, 2.75) is 33.4 Å². The first-order valence-electron chi connectivity index (χ1n) is 10.5. The van der Waals surface area contributed by atoms with E-state index >= 15 is 0 Å². The smallest absolute Gasteiger partial charge is 0.323 e. The molecular formula is C23H24FN7O3. The van der Waals surface area contributed by atoms with Crippen LogP contribution in [0.1, 0.15) is 48.8 Å². The van der Waals surface area contributed by atoms with Gasteiger partial charge in [0.2, 0.25) is 5.89 Å². The van der Waals surface area contributed by atoms with Crippen molar-refractivity contribution in [3.8, 4) is 0 Å². The monoisotopic (exact) mass is 465 g/mol. The normalized spacial score (nSPS) is 12.5. The molecule has 1 atom stereocenters. The molecule has 10 nitrogen and oxygen atoms in total. The van der Waals surface area contributed by atoms with Gasteiger partial charge in [0.05, 0.1) is 12.1 Å². The second-order valence-corrected chi connectivity index (χ2v) is 8.86. The number of halogens is 1. The highest BCUT2D eigenvalue weighted by Gasteiger charge is 2.34. The van der Waals surface area contributed by atoms with E-state index < -0.39 is 23.4 Å². The van der Waals surface area contributed by atoms with Crippen LogP contribution in [0.4, 0.5) is 15.2 Å². The number of carbonyl (C=O) groups is 2. The lowest BCUT2D eigenvalue weighted by molar-refractivity contribution is 0.0881. The van der Waals surface area contributed by atoms with Gasteiger partial charge >= 0.3 is 12.0 Å². The number of hydrogen-bond donors (Lipinski definition) is 3. The molecule has 11 heteroatoms. The fourth-order valence-corrected chi connectivity index (χ4v) is 3.53. The summed E-state index contributed by atoms with van der Waals surface area (Å²) in [5.41, 5.74) is 6.40. The van der Waals surface area contributed by atoms with E-state index in [1.165, 1.54) is 12.1 Å². The van der Waals surface area contributed by atoms with Gasteiger partial charge in [-0.05, 0) is 29.2 Å². The van der Waals surface area contributed by atoms with Crippen molar-refractivity contribution >= 4 is 28.9 Å². The van der Waals surface area contributed by atoms with Crippen LogP contribution in [0.5, 0.6) is 0 Å². The average molecular weight is 465 g/mol. The molecule has 0 bridgehead atoms. The van der Waals surface area contributed by atoms with E-state index in [2.05, 4.69) is 25.9 Å². The van der Waals surface area contributed by atoms with Crippen LogP contribution < -0.4 is 16.4 Å². The minimum absolute atomic E-state index is 0.111. The van der Waals surface area contributed by atoms with Crippen LogP contribution in [0.15, 0.2) is 52.9 Å². The Balaban J connectivity index is 1.65. The quantitative estimate of drug-likeness (QED) is 0.397. The molecule has 2 aromatic carbocycles. The molecular weight excluding hydrogens is 441 g/mol. The second kappa shape index (κ2) is 8.93. The highest BCUT2D eigenvalue weighted by Crippen LogP contribution is 2.33. The van der Waals surface area contributed by atoms with E-state index in [-0.39, 0.29) is 23.4 Å². The zero-order valence-electron chi connectivity index (χ0n) is 18.9. The first kappa shape index (κ1) is 22.9. The number of fused-ring (bicyclic) bond motifs is 1. The van der Waals surface area contributed by atoms with Gasteiger partial charge in [0.15, 0.2) is 5.69 Å². The number of urea groups is 1. The molecule has 2 aromatic heterocycles. The Morgan fingerprint density at radius 2 is 1.82 bits per heavy atom. The molecule has 4 rings (SSSR count). The molecule has 34 heavy (non-hydrogen) atoms. The topological polar surface area (TPSA) is 141 Å². The molecule has 0 aliphatic heterocycles. The second-order valence-electron chi connectivity index (χ2n) is 8.86. The Bertz CT molecular complexity index is 1340. The summed E-state index contributed by atoms with van der Waals surface area (Å²) in [7, 11) is 0. The Hall–Kier alpha value is -4.28. The summed E-state index contributed by atoms with van der Waals surface area (Å²) in [4.78, 5) is 24.4. The average Bonchev–Trinajstić information content (AvgIpc) is 3.37. The molecule has 0 saturated heterocycles. The van der Waals surface area contributed by atoms with Crippen molar-refractivity contribution in [1.29, 1.82) is 0 Å². The highest BCUT2D eigenvalue weighted by molar-refractivity contribution is 6.05. The number of benzene rings is 2. The van der Waals surface area contributed by atoms with Gasteiger partial charge in [-0.25, -0.2) is 9.18 Å². The Kier molecular flexibility index (Phi) is 6.01. The maximum Gasteiger partial charge on any atom is 0.323 e. The van der Waals surface area contributed by atoms with Crippen LogP contribution in [0, 0.1) is 11.2 Å². The minimum Gasteiger partial charge on any atom is -0.405 e. The van der Waals surface area contributed by atoms with Crippen molar-refractivity contribution < 1.29 is 18.4 Å². The van der Waals surface area contributed by atoms with Crippen LogP contribution >= 0.6 is 0 Å². The summed E-state index contributed by atoms with van der Waals surface area (Å²) in [6, 6.07) is 11.8. The number of hydrogen-bond acceptors (Lipinski definition) is 6. The maximum absolute atomic E-state index is 13.4. The molecule has 0 fully saturated rings. The van der Waals surface area contributed by atoms with E-state index in [9.17, 15) is 14.0 Å². The van der Waals surface area contributed by atoms with Gasteiger partial charge in [0.25, 0.3) is 5.91 Å². The highest BCUT2D eigenvalue weighted by atomic mass is 19.1. The van der Waals surface area contributed by atoms with Crippen molar-refractivity contribution in [3.05, 3.63) is 71.5 Å². The number of amides is 3. The van der Waals surface area contributed by atoms with E-state index in [1.54, 1.807) is 16.8 Å². The lowest BCUT2D eigenvalue weighted by atomic mass is 9.86. The Morgan fingerprint density at radius 1 is 1.12 bits per heavy atom. The Morgan fingerprint density at radius 3 is 2.50 bits per heavy atom. The molecule has 0 radical (unpaired) electrons. The molecule has 176 valence electrons. The van der Waals surface area contributed by atoms with E-state index in [4.69, 9.17) is 10.2 Å². The predicted molar refractivity (Wildman–Crippen MR) is 122 cm³/mol. The van der Waals surface area contributed by atoms with Crippen LogP contribution in [-0.4, -0.2) is 31.9 Å². The number of anilines is 1. The van der Waals surface area contributed by atoms with Crippen molar-refractivity contribution in [2.24, 2.45) is 11.1 Å². The number of nitrogens with zero attached hydrogens (tertiary/aromatic N) is 4. The fourth-order valence-electron chi connectivity index (χ4n) is 3.53. The van der Waals surface area contributed by atoms with Crippen molar-refractivity contribution in [1.82, 2.24) is 25.3 Å². The van der Waals surface area contributed by atoms with Crippen molar-refractivity contribution in [2.75, 3.05) is 5.32 Å². The molecule has 2 heterocycles. The maximum atomic E-state index is 13.4. The lowest BCUT2D eigenvalue weighted by Crippen LogP contribution is -2.37. The largest absolute Gasteiger partial charge is 0.405 e. The third-order valence-electron chi connectivity index (χ3n) is 5.18. The van der Waals surface area contributed by atoms with Gasteiger partial charge in [-0.1, -0.05) is 56.2 Å². The summed E-state index contributed by atoms with van der Waals surface area (Å²) in [5, 5.41) is 18.1. The molecule has 0 saturated carbocycles. The number of nitrogens with two attached hydrogens (primary N) is 1. The number of rotatable bonds is 6. The number of primary amides is 1.